The van der Waals surface area contributed by atoms with Gasteiger partial charge in [0, 0.05) is 24.7 Å². The Kier molecular flexibility index (Phi) is 4.33. The van der Waals surface area contributed by atoms with Gasteiger partial charge in [-0.2, -0.15) is 0 Å². The quantitative estimate of drug-likeness (QED) is 0.742. The van der Waals surface area contributed by atoms with Gasteiger partial charge >= 0.3 is 6.03 Å². The number of nitrogens with one attached hydrogen (secondary N) is 2. The molecule has 2 amide bonds. The molecule has 118 valence electrons. The first-order valence-electron chi connectivity index (χ1n) is 7.85. The van der Waals surface area contributed by atoms with Gasteiger partial charge < -0.3 is 15.2 Å². The van der Waals surface area contributed by atoms with E-state index >= 15 is 0 Å². The lowest BCUT2D eigenvalue weighted by atomic mass is 10.1. The largest absolute Gasteiger partial charge is 0.346 e. The molecule has 0 atom stereocenters. The van der Waals surface area contributed by atoms with Gasteiger partial charge in [-0.1, -0.05) is 48.0 Å². The van der Waals surface area contributed by atoms with Crippen molar-refractivity contribution in [3.8, 4) is 0 Å². The molecule has 2 N–H and O–H groups in total. The van der Waals surface area contributed by atoms with Crippen LogP contribution in [0.1, 0.15) is 18.1 Å². The van der Waals surface area contributed by atoms with Crippen molar-refractivity contribution < 1.29 is 4.79 Å². The number of anilines is 1. The van der Waals surface area contributed by atoms with Crippen molar-refractivity contribution in [3.05, 3.63) is 65.9 Å². The summed E-state index contributed by atoms with van der Waals surface area (Å²) >= 11 is 0. The summed E-state index contributed by atoms with van der Waals surface area (Å²) in [5, 5.41) is 6.91. The Morgan fingerprint density at radius 2 is 1.83 bits per heavy atom. The fourth-order valence-corrected chi connectivity index (χ4v) is 2.66. The molecule has 4 nitrogen and oxygen atoms in total. The van der Waals surface area contributed by atoms with Crippen LogP contribution in [0.25, 0.3) is 10.9 Å². The van der Waals surface area contributed by atoms with E-state index in [1.165, 1.54) is 5.56 Å². The van der Waals surface area contributed by atoms with Crippen molar-refractivity contribution in [2.75, 3.05) is 5.32 Å². The second-order valence-electron chi connectivity index (χ2n) is 5.64. The molecule has 0 aliphatic heterocycles. The molecule has 0 spiro atoms. The molecule has 3 aromatic rings. The zero-order valence-electron chi connectivity index (χ0n) is 13.5. The van der Waals surface area contributed by atoms with Crippen LogP contribution in [0.15, 0.2) is 54.7 Å². The van der Waals surface area contributed by atoms with Crippen LogP contribution in [0, 0.1) is 6.92 Å². The summed E-state index contributed by atoms with van der Waals surface area (Å²) in [5.74, 6) is 0. The Morgan fingerprint density at radius 3 is 2.57 bits per heavy atom. The van der Waals surface area contributed by atoms with Crippen LogP contribution >= 0.6 is 0 Å². The zero-order chi connectivity index (χ0) is 16.2. The van der Waals surface area contributed by atoms with Crippen LogP contribution in [0.4, 0.5) is 10.5 Å². The Bertz CT molecular complexity index is 818. The smallest absolute Gasteiger partial charge is 0.319 e. The molecule has 1 heterocycles. The van der Waals surface area contributed by atoms with E-state index in [2.05, 4.69) is 28.2 Å². The molecule has 0 aliphatic rings. The summed E-state index contributed by atoms with van der Waals surface area (Å²) in [6.45, 7) is 5.52. The lowest BCUT2D eigenvalue weighted by Gasteiger charge is -2.07. The summed E-state index contributed by atoms with van der Waals surface area (Å²) in [6, 6.07) is 16.0. The Labute approximate surface area is 136 Å². The molecule has 0 unspecified atom stereocenters. The fourth-order valence-electron chi connectivity index (χ4n) is 2.66. The van der Waals surface area contributed by atoms with E-state index < -0.39 is 0 Å². The average molecular weight is 307 g/mol. The van der Waals surface area contributed by atoms with Crippen molar-refractivity contribution in [2.45, 2.75) is 26.9 Å². The van der Waals surface area contributed by atoms with Crippen LogP contribution in [0.2, 0.25) is 0 Å². The van der Waals surface area contributed by atoms with Gasteiger partial charge in [0.2, 0.25) is 0 Å². The fraction of sp³-hybridized carbons (Fsp3) is 0.211. The molecule has 0 radical (unpaired) electrons. The minimum absolute atomic E-state index is 0.190. The number of hydrogen-bond donors (Lipinski definition) is 2. The molecular weight excluding hydrogens is 286 g/mol. The van der Waals surface area contributed by atoms with E-state index in [0.717, 1.165) is 28.7 Å². The van der Waals surface area contributed by atoms with Crippen molar-refractivity contribution in [1.82, 2.24) is 9.88 Å². The summed E-state index contributed by atoms with van der Waals surface area (Å²) in [5.41, 5.74) is 4.26. The molecule has 4 heteroatoms. The number of aromatic nitrogens is 1. The van der Waals surface area contributed by atoms with E-state index in [1.54, 1.807) is 0 Å². The maximum absolute atomic E-state index is 12.2. The number of hydrogen-bond acceptors (Lipinski definition) is 1. The topological polar surface area (TPSA) is 46.1 Å². The maximum Gasteiger partial charge on any atom is 0.319 e. The predicted molar refractivity (Wildman–Crippen MR) is 94.6 cm³/mol. The van der Waals surface area contributed by atoms with Crippen LogP contribution in [-0.2, 0) is 13.1 Å². The average Bonchev–Trinajstić information content (AvgIpc) is 2.92. The summed E-state index contributed by atoms with van der Waals surface area (Å²) in [7, 11) is 0. The molecule has 23 heavy (non-hydrogen) atoms. The van der Waals surface area contributed by atoms with Gasteiger partial charge in [0.1, 0.15) is 0 Å². The number of para-hydroxylation sites is 1. The second kappa shape index (κ2) is 6.57. The van der Waals surface area contributed by atoms with Gasteiger partial charge in [0.25, 0.3) is 0 Å². The first-order chi connectivity index (χ1) is 11.2. The van der Waals surface area contributed by atoms with E-state index in [4.69, 9.17) is 0 Å². The van der Waals surface area contributed by atoms with Crippen molar-refractivity contribution in [1.29, 1.82) is 0 Å². The van der Waals surface area contributed by atoms with Crippen LogP contribution in [-0.4, -0.2) is 10.6 Å². The summed E-state index contributed by atoms with van der Waals surface area (Å²) < 4.78 is 2.13. The Balaban J connectivity index is 1.69. The molecular formula is C19H21N3O. The van der Waals surface area contributed by atoms with E-state index in [0.29, 0.717) is 6.54 Å². The molecule has 0 fully saturated rings. The number of benzene rings is 2. The van der Waals surface area contributed by atoms with Gasteiger partial charge in [-0.05, 0) is 25.5 Å². The number of carbonyl (C=O) groups is 1. The molecule has 3 rings (SSSR count). The first kappa shape index (κ1) is 15.2. The number of fused-ring (bicyclic) bond motifs is 1. The van der Waals surface area contributed by atoms with Gasteiger partial charge in [0.05, 0.1) is 11.2 Å². The number of aryl methyl sites for hydroxylation is 2. The van der Waals surface area contributed by atoms with E-state index in [9.17, 15) is 4.79 Å². The van der Waals surface area contributed by atoms with Gasteiger partial charge in [-0.25, -0.2) is 4.79 Å². The normalized spacial score (nSPS) is 10.7. The van der Waals surface area contributed by atoms with Crippen LogP contribution < -0.4 is 10.6 Å². The Morgan fingerprint density at radius 1 is 1.09 bits per heavy atom. The minimum Gasteiger partial charge on any atom is -0.346 e. The lowest BCUT2D eigenvalue weighted by Crippen LogP contribution is -2.28. The lowest BCUT2D eigenvalue weighted by molar-refractivity contribution is 0.252. The SMILES string of the molecule is CCn1cc(NC(=O)NCc2ccc(C)cc2)c2ccccc21. The second-order valence-corrected chi connectivity index (χ2v) is 5.64. The molecule has 0 aliphatic carbocycles. The predicted octanol–water partition coefficient (Wildman–Crippen LogP) is 4.29. The molecule has 0 saturated carbocycles. The molecule has 0 saturated heterocycles. The van der Waals surface area contributed by atoms with Crippen LogP contribution in [0.5, 0.6) is 0 Å². The zero-order valence-corrected chi connectivity index (χ0v) is 13.5. The molecule has 2 aromatic carbocycles. The van der Waals surface area contributed by atoms with Crippen molar-refractivity contribution in [3.63, 3.8) is 0 Å². The highest BCUT2D eigenvalue weighted by Gasteiger charge is 2.09. The van der Waals surface area contributed by atoms with Gasteiger partial charge in [-0.15, -0.1) is 0 Å². The highest BCUT2D eigenvalue weighted by molar-refractivity contribution is 6.01. The van der Waals surface area contributed by atoms with Crippen molar-refractivity contribution >= 4 is 22.6 Å². The summed E-state index contributed by atoms with van der Waals surface area (Å²) in [4.78, 5) is 12.2. The van der Waals surface area contributed by atoms with E-state index in [-0.39, 0.29) is 6.03 Å². The third kappa shape index (κ3) is 3.37. The van der Waals surface area contributed by atoms with Gasteiger partial charge in [-0.3, -0.25) is 0 Å². The summed E-state index contributed by atoms with van der Waals surface area (Å²) in [6.07, 6.45) is 1.98. The molecule has 1 aromatic heterocycles. The van der Waals surface area contributed by atoms with Crippen molar-refractivity contribution in [2.24, 2.45) is 0 Å². The minimum atomic E-state index is -0.190. The first-order valence-corrected chi connectivity index (χ1v) is 7.85. The number of nitrogens with zero attached hydrogens (tertiary/aromatic N) is 1. The number of urea groups is 1. The van der Waals surface area contributed by atoms with Gasteiger partial charge in [0.15, 0.2) is 0 Å². The number of amides is 2. The molecule has 0 bridgehead atoms. The maximum atomic E-state index is 12.2. The number of rotatable bonds is 4. The third-order valence-electron chi connectivity index (χ3n) is 3.95. The van der Waals surface area contributed by atoms with E-state index in [1.807, 2.05) is 55.6 Å². The third-order valence-corrected chi connectivity index (χ3v) is 3.95. The number of carbonyl (C=O) groups excluding carboxylic acids is 1. The van der Waals surface area contributed by atoms with Crippen LogP contribution in [0.3, 0.4) is 0 Å². The standard InChI is InChI=1S/C19H21N3O/c1-3-22-13-17(16-6-4-5-7-18(16)22)21-19(23)20-12-15-10-8-14(2)9-11-15/h4-11,13H,3,12H2,1-2H3,(H2,20,21,23). The highest BCUT2D eigenvalue weighted by atomic mass is 16.2. The highest BCUT2D eigenvalue weighted by Crippen LogP contribution is 2.25. The Hall–Kier alpha value is -2.75. The monoisotopic (exact) mass is 307 g/mol.